The number of methoxy groups -OCH3 is 1. The van der Waals surface area contributed by atoms with E-state index in [0.29, 0.717) is 12.1 Å². The molecule has 0 saturated carbocycles. The molecule has 0 amide bonds. The molecule has 0 aliphatic carbocycles. The van der Waals surface area contributed by atoms with Gasteiger partial charge in [0, 0.05) is 17.8 Å². The van der Waals surface area contributed by atoms with Crippen molar-refractivity contribution in [3.8, 4) is 0 Å². The zero-order chi connectivity index (χ0) is 10.1. The van der Waals surface area contributed by atoms with Crippen LogP contribution in [0.3, 0.4) is 0 Å². The average Bonchev–Trinajstić information content (AvgIpc) is 2.59. The molecule has 82 valence electrons. The molecule has 1 unspecified atom stereocenters. The molecule has 1 heterocycles. The van der Waals surface area contributed by atoms with Crippen LogP contribution in [0.1, 0.15) is 5.56 Å². The van der Waals surface area contributed by atoms with E-state index in [-0.39, 0.29) is 24.4 Å². The normalized spacial score (nSPS) is 17.3. The molecule has 1 aromatic rings. The van der Waals surface area contributed by atoms with Crippen molar-refractivity contribution in [3.63, 3.8) is 0 Å². The van der Waals surface area contributed by atoms with Gasteiger partial charge in [-0.05, 0) is 17.7 Å². The quantitative estimate of drug-likeness (QED) is 0.560. The Bertz CT molecular complexity index is 382. The van der Waals surface area contributed by atoms with E-state index >= 15 is 0 Å². The summed E-state index contributed by atoms with van der Waals surface area (Å²) in [6.07, 6.45) is 0.669. The molecule has 1 aromatic carbocycles. The van der Waals surface area contributed by atoms with Crippen molar-refractivity contribution in [3.05, 3.63) is 23.8 Å². The molecule has 0 aromatic heterocycles. The zero-order valence-corrected chi connectivity index (χ0v) is 9.14. The van der Waals surface area contributed by atoms with E-state index in [2.05, 4.69) is 10.1 Å². The zero-order valence-electron chi connectivity index (χ0n) is 8.32. The molecule has 3 N–H and O–H groups in total. The van der Waals surface area contributed by atoms with E-state index in [4.69, 9.17) is 5.73 Å². The number of hydrogen-bond acceptors (Lipinski definition) is 4. The van der Waals surface area contributed by atoms with Crippen molar-refractivity contribution in [1.29, 1.82) is 0 Å². The van der Waals surface area contributed by atoms with Crippen LogP contribution in [-0.2, 0) is 16.0 Å². The van der Waals surface area contributed by atoms with Crippen molar-refractivity contribution in [1.82, 2.24) is 0 Å². The molecule has 1 aliphatic heterocycles. The Balaban J connectivity index is 0.00000112. The second-order valence-corrected chi connectivity index (χ2v) is 3.34. The van der Waals surface area contributed by atoms with E-state index in [1.165, 1.54) is 7.11 Å². The van der Waals surface area contributed by atoms with Crippen LogP contribution < -0.4 is 11.1 Å². The second-order valence-electron chi connectivity index (χ2n) is 3.34. The van der Waals surface area contributed by atoms with Gasteiger partial charge in [-0.3, -0.25) is 0 Å². The Morgan fingerprint density at radius 2 is 2.33 bits per heavy atom. The lowest BCUT2D eigenvalue weighted by Gasteiger charge is -2.07. The number of esters is 1. The van der Waals surface area contributed by atoms with Crippen molar-refractivity contribution in [2.45, 2.75) is 12.5 Å². The molecule has 5 heteroatoms. The van der Waals surface area contributed by atoms with E-state index in [1.54, 1.807) is 0 Å². The molecule has 0 spiro atoms. The number of carbonyl (C=O) groups is 1. The molecule has 1 aliphatic rings. The van der Waals surface area contributed by atoms with Gasteiger partial charge in [0.2, 0.25) is 0 Å². The minimum atomic E-state index is -0.267. The number of fused-ring (bicyclic) bond motifs is 1. The van der Waals surface area contributed by atoms with Crippen molar-refractivity contribution in [2.75, 3.05) is 18.2 Å². The van der Waals surface area contributed by atoms with Gasteiger partial charge in [0.05, 0.1) is 7.11 Å². The fourth-order valence-corrected chi connectivity index (χ4v) is 1.65. The number of rotatable bonds is 1. The van der Waals surface area contributed by atoms with Gasteiger partial charge in [-0.15, -0.1) is 12.4 Å². The maximum atomic E-state index is 11.3. The fourth-order valence-electron chi connectivity index (χ4n) is 1.65. The summed E-state index contributed by atoms with van der Waals surface area (Å²) in [5.74, 6) is -0.236. The summed E-state index contributed by atoms with van der Waals surface area (Å²) in [5.41, 5.74) is 8.36. The summed E-state index contributed by atoms with van der Waals surface area (Å²) in [5, 5.41) is 3.07. The number of halogens is 1. The third-order valence-corrected chi connectivity index (χ3v) is 2.37. The minimum Gasteiger partial charge on any atom is -0.467 e. The van der Waals surface area contributed by atoms with Crippen LogP contribution in [0, 0.1) is 0 Å². The molecule has 0 bridgehead atoms. The van der Waals surface area contributed by atoms with Crippen molar-refractivity contribution >= 4 is 29.8 Å². The highest BCUT2D eigenvalue weighted by atomic mass is 35.5. The lowest BCUT2D eigenvalue weighted by molar-refractivity contribution is -0.141. The highest BCUT2D eigenvalue weighted by molar-refractivity contribution is 5.85. The van der Waals surface area contributed by atoms with Crippen molar-refractivity contribution < 1.29 is 9.53 Å². The van der Waals surface area contributed by atoms with Crippen LogP contribution in [0.4, 0.5) is 11.4 Å². The standard InChI is InChI=1S/C10H12N2O2.ClH/c1-14-10(13)9-4-6-2-3-7(11)5-8(6)12-9;/h2-3,5,9,12H,4,11H2,1H3;1H. The first-order valence-electron chi connectivity index (χ1n) is 4.43. The van der Waals surface area contributed by atoms with Crippen LogP contribution in [0.15, 0.2) is 18.2 Å². The van der Waals surface area contributed by atoms with E-state index in [0.717, 1.165) is 11.3 Å². The average molecular weight is 229 g/mol. The number of hydrogen-bond donors (Lipinski definition) is 2. The minimum absolute atomic E-state index is 0. The Morgan fingerprint density at radius 3 is 3.00 bits per heavy atom. The van der Waals surface area contributed by atoms with Crippen LogP contribution in [-0.4, -0.2) is 19.1 Å². The molecule has 1 atom stereocenters. The lowest BCUT2D eigenvalue weighted by atomic mass is 10.1. The first-order chi connectivity index (χ1) is 6.70. The van der Waals surface area contributed by atoms with Gasteiger partial charge in [0.15, 0.2) is 0 Å². The summed E-state index contributed by atoms with van der Waals surface area (Å²) >= 11 is 0. The molecule has 15 heavy (non-hydrogen) atoms. The van der Waals surface area contributed by atoms with Gasteiger partial charge in [0.1, 0.15) is 6.04 Å². The molecular weight excluding hydrogens is 216 g/mol. The third-order valence-electron chi connectivity index (χ3n) is 2.37. The number of nitrogens with two attached hydrogens (primary N) is 1. The SMILES string of the molecule is COC(=O)C1Cc2ccc(N)cc2N1.Cl. The second kappa shape index (κ2) is 4.40. The number of anilines is 2. The van der Waals surface area contributed by atoms with Crippen LogP contribution in [0.5, 0.6) is 0 Å². The van der Waals surface area contributed by atoms with Gasteiger partial charge < -0.3 is 15.8 Å². The molecule has 0 radical (unpaired) electrons. The van der Waals surface area contributed by atoms with E-state index < -0.39 is 0 Å². The van der Waals surface area contributed by atoms with E-state index in [1.807, 2.05) is 18.2 Å². The molecule has 0 saturated heterocycles. The summed E-state index contributed by atoms with van der Waals surface area (Å²) in [4.78, 5) is 11.3. The highest BCUT2D eigenvalue weighted by Crippen LogP contribution is 2.27. The van der Waals surface area contributed by atoms with Crippen molar-refractivity contribution in [2.24, 2.45) is 0 Å². The highest BCUT2D eigenvalue weighted by Gasteiger charge is 2.27. The van der Waals surface area contributed by atoms with Gasteiger partial charge >= 0.3 is 5.97 Å². The monoisotopic (exact) mass is 228 g/mol. The van der Waals surface area contributed by atoms with Gasteiger partial charge in [0.25, 0.3) is 0 Å². The summed E-state index contributed by atoms with van der Waals surface area (Å²) in [6, 6.07) is 5.33. The molecule has 4 nitrogen and oxygen atoms in total. The summed E-state index contributed by atoms with van der Waals surface area (Å²) in [6.45, 7) is 0. The summed E-state index contributed by atoms with van der Waals surface area (Å²) < 4.78 is 4.66. The number of carbonyl (C=O) groups excluding carboxylic acids is 1. The number of nitrogen functional groups attached to an aromatic ring is 1. The smallest absolute Gasteiger partial charge is 0.328 e. The maximum Gasteiger partial charge on any atom is 0.328 e. The fraction of sp³-hybridized carbons (Fsp3) is 0.300. The van der Waals surface area contributed by atoms with Crippen LogP contribution in [0.25, 0.3) is 0 Å². The van der Waals surface area contributed by atoms with Gasteiger partial charge in [-0.2, -0.15) is 0 Å². The summed E-state index contributed by atoms with van der Waals surface area (Å²) in [7, 11) is 1.39. The van der Waals surface area contributed by atoms with Crippen LogP contribution >= 0.6 is 12.4 Å². The molecule has 2 rings (SSSR count). The number of nitrogens with one attached hydrogen (secondary N) is 1. The molecular formula is C10H13ClN2O2. The number of benzene rings is 1. The maximum absolute atomic E-state index is 11.3. The largest absolute Gasteiger partial charge is 0.467 e. The Morgan fingerprint density at radius 1 is 1.60 bits per heavy atom. The predicted molar refractivity (Wildman–Crippen MR) is 61.2 cm³/mol. The van der Waals surface area contributed by atoms with Gasteiger partial charge in [-0.1, -0.05) is 6.07 Å². The van der Waals surface area contributed by atoms with E-state index in [9.17, 15) is 4.79 Å². The Hall–Kier alpha value is -1.42. The Kier molecular flexibility index (Phi) is 3.42. The Labute approximate surface area is 94.2 Å². The molecule has 0 fully saturated rings. The predicted octanol–water partition coefficient (Wildman–Crippen LogP) is 1.20. The first-order valence-corrected chi connectivity index (χ1v) is 4.43. The third kappa shape index (κ3) is 2.15. The topological polar surface area (TPSA) is 64.3 Å². The lowest BCUT2D eigenvalue weighted by Crippen LogP contribution is -2.27. The number of ether oxygens (including phenoxy) is 1. The van der Waals surface area contributed by atoms with Crippen LogP contribution in [0.2, 0.25) is 0 Å². The van der Waals surface area contributed by atoms with Gasteiger partial charge in [-0.25, -0.2) is 4.79 Å². The first kappa shape index (κ1) is 11.7.